The lowest BCUT2D eigenvalue weighted by Crippen LogP contribution is -3.16. The molecule has 2 aromatic rings. The van der Waals surface area contributed by atoms with Crippen LogP contribution in [0.25, 0.3) is 0 Å². The smallest absolute Gasteiger partial charge is 0.277 e. The van der Waals surface area contributed by atoms with Gasteiger partial charge < -0.3 is 29.1 Å². The summed E-state index contributed by atoms with van der Waals surface area (Å²) in [5, 5.41) is 0. The Kier molecular flexibility index (Phi) is 6.82. The van der Waals surface area contributed by atoms with Gasteiger partial charge in [-0.2, -0.15) is 0 Å². The van der Waals surface area contributed by atoms with Gasteiger partial charge in [-0.3, -0.25) is 4.79 Å². The van der Waals surface area contributed by atoms with E-state index in [1.807, 2.05) is 41.3 Å². The average Bonchev–Trinajstić information content (AvgIpc) is 2.84. The van der Waals surface area contributed by atoms with Crippen molar-refractivity contribution in [2.24, 2.45) is 0 Å². The van der Waals surface area contributed by atoms with Crippen molar-refractivity contribution < 1.29 is 19.2 Å². The third-order valence-electron chi connectivity index (χ3n) is 6.36. The molecule has 31 heavy (non-hydrogen) atoms. The normalized spacial score (nSPS) is 17.5. The highest BCUT2D eigenvalue weighted by molar-refractivity contribution is 5.77. The lowest BCUT2D eigenvalue weighted by molar-refractivity contribution is -0.892. The van der Waals surface area contributed by atoms with Crippen molar-refractivity contribution in [3.63, 3.8) is 0 Å². The number of rotatable bonds is 6. The monoisotopic (exact) mass is 425 g/mol. The van der Waals surface area contributed by atoms with Crippen molar-refractivity contribution in [2.75, 3.05) is 82.9 Å². The van der Waals surface area contributed by atoms with Crippen LogP contribution >= 0.6 is 0 Å². The molecule has 7 nitrogen and oxygen atoms in total. The molecule has 0 radical (unpaired) electrons. The summed E-state index contributed by atoms with van der Waals surface area (Å²) in [6.45, 7) is 7.57. The molecule has 0 aromatic heterocycles. The van der Waals surface area contributed by atoms with Crippen LogP contribution in [-0.2, 0) is 4.79 Å². The van der Waals surface area contributed by atoms with E-state index in [1.165, 1.54) is 4.90 Å². The zero-order chi connectivity index (χ0) is 21.6. The second-order valence-corrected chi connectivity index (χ2v) is 8.13. The van der Waals surface area contributed by atoms with Crippen LogP contribution in [0.15, 0.2) is 48.5 Å². The Morgan fingerprint density at radius 1 is 0.774 bits per heavy atom. The fraction of sp³-hybridized carbons (Fsp3) is 0.458. The molecule has 0 atom stereocenters. The SMILES string of the molecule is COc1ccccc1N1CCN(C(=O)C[NH+]2CCN(c3ccccc3OC)CC2)CC1. The molecule has 0 spiro atoms. The van der Waals surface area contributed by atoms with Crippen LogP contribution in [-0.4, -0.2) is 83.9 Å². The summed E-state index contributed by atoms with van der Waals surface area (Å²) in [7, 11) is 3.42. The molecule has 2 heterocycles. The summed E-state index contributed by atoms with van der Waals surface area (Å²) < 4.78 is 11.0. The fourth-order valence-electron chi connectivity index (χ4n) is 4.55. The highest BCUT2D eigenvalue weighted by atomic mass is 16.5. The first-order chi connectivity index (χ1) is 15.2. The molecule has 2 aliphatic heterocycles. The van der Waals surface area contributed by atoms with Crippen LogP contribution in [0.4, 0.5) is 11.4 Å². The Balaban J connectivity index is 1.26. The summed E-state index contributed by atoms with van der Waals surface area (Å²) in [6, 6.07) is 16.2. The van der Waals surface area contributed by atoms with Gasteiger partial charge in [0.2, 0.25) is 0 Å². The van der Waals surface area contributed by atoms with Crippen molar-refractivity contribution in [2.45, 2.75) is 0 Å². The number of ether oxygens (including phenoxy) is 2. The molecule has 4 rings (SSSR count). The Morgan fingerprint density at radius 3 is 1.77 bits per heavy atom. The molecule has 2 aromatic carbocycles. The zero-order valence-electron chi connectivity index (χ0n) is 18.5. The third kappa shape index (κ3) is 4.88. The number of quaternary nitrogens is 1. The van der Waals surface area contributed by atoms with Gasteiger partial charge in [0.1, 0.15) is 11.5 Å². The van der Waals surface area contributed by atoms with Crippen LogP contribution in [0.2, 0.25) is 0 Å². The van der Waals surface area contributed by atoms with Gasteiger partial charge in [0.25, 0.3) is 5.91 Å². The number of hydrogen-bond acceptors (Lipinski definition) is 5. The standard InChI is InChI=1S/C24H32N4O3/c1-30-22-9-5-3-7-20(22)26-13-11-25(12-14-26)19-24(29)28-17-15-27(16-18-28)21-8-4-6-10-23(21)31-2/h3-10H,11-19H2,1-2H3/p+1. The number of carbonyl (C=O) groups excluding carboxylic acids is 1. The molecule has 2 aliphatic rings. The minimum atomic E-state index is 0.264. The Bertz CT molecular complexity index is 875. The number of amides is 1. The van der Waals surface area contributed by atoms with Crippen LogP contribution in [0, 0.1) is 0 Å². The minimum Gasteiger partial charge on any atom is -0.495 e. The average molecular weight is 426 g/mol. The van der Waals surface area contributed by atoms with Gasteiger partial charge in [-0.15, -0.1) is 0 Å². The molecule has 1 amide bonds. The predicted molar refractivity (Wildman–Crippen MR) is 123 cm³/mol. The Morgan fingerprint density at radius 2 is 1.26 bits per heavy atom. The molecule has 0 bridgehead atoms. The highest BCUT2D eigenvalue weighted by Crippen LogP contribution is 2.28. The van der Waals surface area contributed by atoms with E-state index in [0.29, 0.717) is 6.54 Å². The van der Waals surface area contributed by atoms with E-state index in [4.69, 9.17) is 9.47 Å². The summed E-state index contributed by atoms with van der Waals surface area (Å²) in [5.41, 5.74) is 2.25. The first-order valence-corrected chi connectivity index (χ1v) is 11.1. The van der Waals surface area contributed by atoms with Crippen LogP contribution < -0.4 is 24.2 Å². The largest absolute Gasteiger partial charge is 0.495 e. The van der Waals surface area contributed by atoms with Crippen LogP contribution in [0.5, 0.6) is 11.5 Å². The summed E-state index contributed by atoms with van der Waals surface area (Å²) in [6.07, 6.45) is 0. The molecule has 2 saturated heterocycles. The molecule has 1 N–H and O–H groups in total. The second kappa shape index (κ2) is 9.92. The number of para-hydroxylation sites is 4. The molecule has 0 saturated carbocycles. The molecule has 0 aliphatic carbocycles. The first-order valence-electron chi connectivity index (χ1n) is 11.1. The fourth-order valence-corrected chi connectivity index (χ4v) is 4.55. The topological polar surface area (TPSA) is 49.7 Å². The lowest BCUT2D eigenvalue weighted by atomic mass is 10.2. The number of anilines is 2. The van der Waals surface area contributed by atoms with Gasteiger partial charge in [0.05, 0.1) is 51.8 Å². The highest BCUT2D eigenvalue weighted by Gasteiger charge is 2.28. The maximum absolute atomic E-state index is 12.9. The van der Waals surface area contributed by atoms with Gasteiger partial charge in [-0.25, -0.2) is 0 Å². The van der Waals surface area contributed by atoms with E-state index >= 15 is 0 Å². The minimum absolute atomic E-state index is 0.264. The van der Waals surface area contributed by atoms with Gasteiger partial charge in [0.15, 0.2) is 6.54 Å². The van der Waals surface area contributed by atoms with Crippen molar-refractivity contribution in [1.82, 2.24) is 4.90 Å². The van der Waals surface area contributed by atoms with Crippen molar-refractivity contribution in [3.05, 3.63) is 48.5 Å². The summed E-state index contributed by atoms with van der Waals surface area (Å²) in [5.74, 6) is 2.06. The zero-order valence-corrected chi connectivity index (χ0v) is 18.5. The van der Waals surface area contributed by atoms with Crippen molar-refractivity contribution >= 4 is 17.3 Å². The Labute approximate surface area is 184 Å². The quantitative estimate of drug-likeness (QED) is 0.741. The maximum atomic E-state index is 12.9. The van der Waals surface area contributed by atoms with E-state index < -0.39 is 0 Å². The van der Waals surface area contributed by atoms with E-state index in [1.54, 1.807) is 14.2 Å². The Hall–Kier alpha value is -2.93. The van der Waals surface area contributed by atoms with E-state index in [0.717, 1.165) is 75.2 Å². The third-order valence-corrected chi connectivity index (χ3v) is 6.36. The molecule has 2 fully saturated rings. The summed E-state index contributed by atoms with van der Waals surface area (Å²) >= 11 is 0. The molecular weight excluding hydrogens is 392 g/mol. The summed E-state index contributed by atoms with van der Waals surface area (Å²) in [4.78, 5) is 21.0. The van der Waals surface area contributed by atoms with Crippen molar-refractivity contribution in [1.29, 1.82) is 0 Å². The second-order valence-electron chi connectivity index (χ2n) is 8.13. The van der Waals surface area contributed by atoms with Gasteiger partial charge in [-0.05, 0) is 24.3 Å². The number of benzene rings is 2. The van der Waals surface area contributed by atoms with Crippen LogP contribution in [0.1, 0.15) is 0 Å². The van der Waals surface area contributed by atoms with Crippen LogP contribution in [0.3, 0.4) is 0 Å². The lowest BCUT2D eigenvalue weighted by Gasteiger charge is -2.38. The van der Waals surface area contributed by atoms with Gasteiger partial charge in [-0.1, -0.05) is 24.3 Å². The van der Waals surface area contributed by atoms with Crippen molar-refractivity contribution in [3.8, 4) is 11.5 Å². The molecular formula is C24H33N4O3+. The number of hydrogen-bond donors (Lipinski definition) is 1. The first kappa shape index (κ1) is 21.3. The number of methoxy groups -OCH3 is 2. The van der Waals surface area contributed by atoms with E-state index in [9.17, 15) is 4.79 Å². The van der Waals surface area contributed by atoms with E-state index in [2.05, 4.69) is 21.9 Å². The molecule has 7 heteroatoms. The van der Waals surface area contributed by atoms with E-state index in [-0.39, 0.29) is 5.91 Å². The number of nitrogens with zero attached hydrogens (tertiary/aromatic N) is 3. The maximum Gasteiger partial charge on any atom is 0.277 e. The van der Waals surface area contributed by atoms with Gasteiger partial charge >= 0.3 is 0 Å². The molecule has 166 valence electrons. The molecule has 0 unspecified atom stereocenters. The van der Waals surface area contributed by atoms with Gasteiger partial charge in [0, 0.05) is 26.2 Å². The number of nitrogens with one attached hydrogen (secondary N) is 1. The number of piperazine rings is 2. The predicted octanol–water partition coefficient (Wildman–Crippen LogP) is 0.758. The number of carbonyl (C=O) groups is 1.